The van der Waals surface area contributed by atoms with E-state index in [-0.39, 0.29) is 0 Å². The van der Waals surface area contributed by atoms with Crippen LogP contribution in [-0.4, -0.2) is 4.98 Å². The third-order valence-electron chi connectivity index (χ3n) is 4.76. The zero-order chi connectivity index (χ0) is 17.5. The highest BCUT2D eigenvalue weighted by atomic mass is 16.3. The van der Waals surface area contributed by atoms with E-state index in [0.717, 1.165) is 44.5 Å². The molecule has 0 aliphatic heterocycles. The van der Waals surface area contributed by atoms with Gasteiger partial charge in [-0.05, 0) is 19.1 Å². The molecule has 0 radical (unpaired) electrons. The molecule has 26 heavy (non-hydrogen) atoms. The molecule has 2 heterocycles. The number of aromatic nitrogens is 1. The third-order valence-corrected chi connectivity index (χ3v) is 4.76. The van der Waals surface area contributed by atoms with E-state index in [1.807, 2.05) is 36.4 Å². The molecule has 0 saturated heterocycles. The van der Waals surface area contributed by atoms with Crippen molar-refractivity contribution in [2.24, 2.45) is 0 Å². The molecular weight excluding hydrogens is 318 g/mol. The average molecular weight is 335 g/mol. The molecule has 5 rings (SSSR count). The van der Waals surface area contributed by atoms with Gasteiger partial charge in [0.15, 0.2) is 5.58 Å². The van der Waals surface area contributed by atoms with Gasteiger partial charge in [-0.2, -0.15) is 0 Å². The fraction of sp³-hybridized carbons (Fsp3) is 0.0417. The van der Waals surface area contributed by atoms with Crippen molar-refractivity contribution in [3.8, 4) is 22.5 Å². The molecule has 0 spiro atoms. The van der Waals surface area contributed by atoms with Gasteiger partial charge in [-0.3, -0.25) is 0 Å². The molecule has 0 aliphatic rings. The molecule has 2 heteroatoms. The highest BCUT2D eigenvalue weighted by Gasteiger charge is 2.16. The van der Waals surface area contributed by atoms with E-state index in [9.17, 15) is 0 Å². The predicted molar refractivity (Wildman–Crippen MR) is 107 cm³/mol. The maximum absolute atomic E-state index is 6.19. The van der Waals surface area contributed by atoms with E-state index in [2.05, 4.69) is 55.5 Å². The lowest BCUT2D eigenvalue weighted by Crippen LogP contribution is -1.89. The van der Waals surface area contributed by atoms with Crippen LogP contribution in [0.4, 0.5) is 0 Å². The van der Waals surface area contributed by atoms with Gasteiger partial charge < -0.3 is 4.42 Å². The van der Waals surface area contributed by atoms with Crippen LogP contribution in [0.25, 0.3) is 44.5 Å². The van der Waals surface area contributed by atoms with E-state index in [0.29, 0.717) is 0 Å². The van der Waals surface area contributed by atoms with E-state index in [1.165, 1.54) is 5.56 Å². The summed E-state index contributed by atoms with van der Waals surface area (Å²) in [6, 6.07) is 29.0. The summed E-state index contributed by atoms with van der Waals surface area (Å²) in [7, 11) is 0. The lowest BCUT2D eigenvalue weighted by atomic mass is 10.0. The van der Waals surface area contributed by atoms with Gasteiger partial charge in [0, 0.05) is 21.9 Å². The summed E-state index contributed by atoms with van der Waals surface area (Å²) < 4.78 is 6.19. The summed E-state index contributed by atoms with van der Waals surface area (Å²) in [6.45, 7) is 2.10. The van der Waals surface area contributed by atoms with Gasteiger partial charge in [0.1, 0.15) is 11.3 Å². The SMILES string of the molecule is Cc1ccc(-c2cc3c(oc4ccccc43)c(-c3ccccc3)n2)cc1. The number of nitrogens with zero attached hydrogens (tertiary/aromatic N) is 1. The van der Waals surface area contributed by atoms with E-state index in [1.54, 1.807) is 0 Å². The molecule has 0 amide bonds. The first-order chi connectivity index (χ1) is 12.8. The standard InChI is InChI=1S/C24H17NO/c1-16-11-13-17(14-12-16)21-15-20-19-9-5-6-10-22(19)26-24(20)23(25-21)18-7-3-2-4-8-18/h2-15H,1H3. The van der Waals surface area contributed by atoms with Crippen molar-refractivity contribution in [3.05, 3.63) is 90.5 Å². The number of hydrogen-bond acceptors (Lipinski definition) is 2. The van der Waals surface area contributed by atoms with Crippen molar-refractivity contribution >= 4 is 21.9 Å². The minimum Gasteiger partial charge on any atom is -0.454 e. The first kappa shape index (κ1) is 14.9. The summed E-state index contributed by atoms with van der Waals surface area (Å²) in [5.74, 6) is 0. The van der Waals surface area contributed by atoms with Gasteiger partial charge in [-0.15, -0.1) is 0 Å². The highest BCUT2D eigenvalue weighted by Crippen LogP contribution is 2.37. The Morgan fingerprint density at radius 2 is 1.42 bits per heavy atom. The van der Waals surface area contributed by atoms with Crippen LogP contribution in [0.3, 0.4) is 0 Å². The normalized spacial score (nSPS) is 11.3. The van der Waals surface area contributed by atoms with Gasteiger partial charge in [-0.1, -0.05) is 78.4 Å². The Hall–Kier alpha value is -3.39. The van der Waals surface area contributed by atoms with Crippen molar-refractivity contribution in [2.75, 3.05) is 0 Å². The Morgan fingerprint density at radius 3 is 2.23 bits per heavy atom. The maximum Gasteiger partial charge on any atom is 0.161 e. The smallest absolute Gasteiger partial charge is 0.161 e. The van der Waals surface area contributed by atoms with Crippen LogP contribution in [0.5, 0.6) is 0 Å². The summed E-state index contributed by atoms with van der Waals surface area (Å²) in [5, 5.41) is 2.22. The Labute approximate surface area is 151 Å². The largest absolute Gasteiger partial charge is 0.454 e. The van der Waals surface area contributed by atoms with Crippen LogP contribution < -0.4 is 0 Å². The zero-order valence-electron chi connectivity index (χ0n) is 14.4. The number of hydrogen-bond donors (Lipinski definition) is 0. The second kappa shape index (κ2) is 5.85. The van der Waals surface area contributed by atoms with Gasteiger partial charge in [0.25, 0.3) is 0 Å². The summed E-state index contributed by atoms with van der Waals surface area (Å²) in [4.78, 5) is 4.97. The molecule has 0 fully saturated rings. The van der Waals surface area contributed by atoms with Crippen LogP contribution in [0.15, 0.2) is 89.3 Å². The van der Waals surface area contributed by atoms with Crippen molar-refractivity contribution in [3.63, 3.8) is 0 Å². The number of aryl methyl sites for hydroxylation is 1. The van der Waals surface area contributed by atoms with Crippen molar-refractivity contribution in [1.29, 1.82) is 0 Å². The number of para-hydroxylation sites is 1. The number of fused-ring (bicyclic) bond motifs is 3. The fourth-order valence-corrected chi connectivity index (χ4v) is 3.39. The van der Waals surface area contributed by atoms with Gasteiger partial charge in [-0.25, -0.2) is 4.98 Å². The molecule has 2 aromatic heterocycles. The van der Waals surface area contributed by atoms with Gasteiger partial charge in [0.2, 0.25) is 0 Å². The summed E-state index contributed by atoms with van der Waals surface area (Å²) in [6.07, 6.45) is 0. The molecule has 0 atom stereocenters. The first-order valence-electron chi connectivity index (χ1n) is 8.74. The van der Waals surface area contributed by atoms with E-state index < -0.39 is 0 Å². The number of rotatable bonds is 2. The van der Waals surface area contributed by atoms with Crippen molar-refractivity contribution in [2.45, 2.75) is 6.92 Å². The van der Waals surface area contributed by atoms with Crippen LogP contribution in [-0.2, 0) is 0 Å². The minimum absolute atomic E-state index is 0.841. The quantitative estimate of drug-likeness (QED) is 0.362. The Balaban J connectivity index is 1.87. The number of pyridine rings is 1. The first-order valence-corrected chi connectivity index (χ1v) is 8.74. The molecule has 0 unspecified atom stereocenters. The van der Waals surface area contributed by atoms with Crippen molar-refractivity contribution in [1.82, 2.24) is 4.98 Å². The molecular formula is C24H17NO. The van der Waals surface area contributed by atoms with Crippen LogP contribution in [0.2, 0.25) is 0 Å². The minimum atomic E-state index is 0.841. The molecule has 0 saturated carbocycles. The fourth-order valence-electron chi connectivity index (χ4n) is 3.39. The Morgan fingerprint density at radius 1 is 0.692 bits per heavy atom. The van der Waals surface area contributed by atoms with Crippen molar-refractivity contribution < 1.29 is 4.42 Å². The van der Waals surface area contributed by atoms with E-state index in [4.69, 9.17) is 9.40 Å². The zero-order valence-corrected chi connectivity index (χ0v) is 14.4. The summed E-state index contributed by atoms with van der Waals surface area (Å²) in [5.41, 5.74) is 6.99. The molecule has 0 N–H and O–H groups in total. The third kappa shape index (κ3) is 2.39. The van der Waals surface area contributed by atoms with E-state index >= 15 is 0 Å². The Bertz CT molecular complexity index is 1220. The molecule has 124 valence electrons. The lowest BCUT2D eigenvalue weighted by molar-refractivity contribution is 0.668. The molecule has 0 aliphatic carbocycles. The second-order valence-electron chi connectivity index (χ2n) is 6.56. The van der Waals surface area contributed by atoms with Crippen LogP contribution in [0, 0.1) is 6.92 Å². The van der Waals surface area contributed by atoms with Crippen LogP contribution >= 0.6 is 0 Å². The summed E-state index contributed by atoms with van der Waals surface area (Å²) >= 11 is 0. The average Bonchev–Trinajstić information content (AvgIpc) is 3.07. The van der Waals surface area contributed by atoms with Gasteiger partial charge >= 0.3 is 0 Å². The molecule has 5 aromatic rings. The van der Waals surface area contributed by atoms with Gasteiger partial charge in [0.05, 0.1) is 5.69 Å². The van der Waals surface area contributed by atoms with Crippen LogP contribution in [0.1, 0.15) is 5.56 Å². The lowest BCUT2D eigenvalue weighted by Gasteiger charge is -2.07. The monoisotopic (exact) mass is 335 g/mol. The molecule has 0 bridgehead atoms. The topological polar surface area (TPSA) is 26.0 Å². The second-order valence-corrected chi connectivity index (χ2v) is 6.56. The molecule has 2 nitrogen and oxygen atoms in total. The number of furan rings is 1. The molecule has 3 aromatic carbocycles. The Kier molecular flexibility index (Phi) is 3.36. The maximum atomic E-state index is 6.19. The number of benzene rings is 3. The predicted octanol–water partition coefficient (Wildman–Crippen LogP) is 6.62. The highest BCUT2D eigenvalue weighted by molar-refractivity contribution is 6.09.